The molecular formula is C18H15N3O3S. The zero-order valence-corrected chi connectivity index (χ0v) is 14.3. The first-order valence-corrected chi connectivity index (χ1v) is 8.46. The van der Waals surface area contributed by atoms with E-state index in [1.54, 1.807) is 18.2 Å². The van der Waals surface area contributed by atoms with Crippen molar-refractivity contribution in [3.05, 3.63) is 81.3 Å². The van der Waals surface area contributed by atoms with Gasteiger partial charge in [-0.05, 0) is 19.1 Å². The van der Waals surface area contributed by atoms with E-state index in [0.717, 1.165) is 5.69 Å². The van der Waals surface area contributed by atoms with E-state index in [-0.39, 0.29) is 18.0 Å². The Morgan fingerprint density at radius 2 is 1.84 bits per heavy atom. The molecule has 3 aromatic rings. The molecule has 0 N–H and O–H groups in total. The summed E-state index contributed by atoms with van der Waals surface area (Å²) in [5.74, 6) is -0.269. The predicted molar refractivity (Wildman–Crippen MR) is 97.2 cm³/mol. The molecule has 0 bridgehead atoms. The van der Waals surface area contributed by atoms with Crippen LogP contribution in [0.4, 0.5) is 16.5 Å². The second kappa shape index (κ2) is 7.23. The maximum absolute atomic E-state index is 13.0. The average molecular weight is 353 g/mol. The first kappa shape index (κ1) is 16.8. The molecule has 0 aliphatic rings. The van der Waals surface area contributed by atoms with E-state index in [9.17, 15) is 14.9 Å². The minimum atomic E-state index is -0.469. The zero-order valence-electron chi connectivity index (χ0n) is 13.5. The Hall–Kier alpha value is -3.06. The highest BCUT2D eigenvalue weighted by molar-refractivity contribution is 7.14. The molecule has 25 heavy (non-hydrogen) atoms. The third-order valence-corrected chi connectivity index (χ3v) is 4.54. The summed E-state index contributed by atoms with van der Waals surface area (Å²) in [6.07, 6.45) is -0.0787. The van der Waals surface area contributed by atoms with Crippen molar-refractivity contribution in [1.82, 2.24) is 4.98 Å². The van der Waals surface area contributed by atoms with Gasteiger partial charge in [0.25, 0.3) is 5.69 Å². The van der Waals surface area contributed by atoms with Crippen molar-refractivity contribution in [3.63, 3.8) is 0 Å². The maximum atomic E-state index is 13.0. The maximum Gasteiger partial charge on any atom is 0.273 e. The smallest absolute Gasteiger partial charge is 0.273 e. The summed E-state index contributed by atoms with van der Waals surface area (Å²) >= 11 is 1.36. The number of para-hydroxylation sites is 2. The van der Waals surface area contributed by atoms with Crippen LogP contribution in [0.5, 0.6) is 0 Å². The molecule has 7 heteroatoms. The Morgan fingerprint density at radius 1 is 1.16 bits per heavy atom. The molecule has 0 radical (unpaired) electrons. The molecule has 0 atom stereocenters. The molecular weight excluding hydrogens is 338 g/mol. The molecule has 0 aliphatic carbocycles. The fourth-order valence-electron chi connectivity index (χ4n) is 2.46. The molecule has 0 saturated heterocycles. The highest BCUT2D eigenvalue weighted by atomic mass is 32.1. The largest absolute Gasteiger partial charge is 0.274 e. The number of hydrogen-bond acceptors (Lipinski definition) is 5. The van der Waals surface area contributed by atoms with Crippen molar-refractivity contribution < 1.29 is 9.72 Å². The minimum absolute atomic E-state index is 0.0563. The average Bonchev–Trinajstić information content (AvgIpc) is 3.02. The van der Waals surface area contributed by atoms with Crippen LogP contribution in [0.1, 0.15) is 11.3 Å². The number of nitro groups is 1. The Balaban J connectivity index is 1.97. The number of rotatable bonds is 5. The summed E-state index contributed by atoms with van der Waals surface area (Å²) in [5, 5.41) is 13.6. The molecule has 126 valence electrons. The number of nitro benzene ring substituents is 1. The van der Waals surface area contributed by atoms with Crippen molar-refractivity contribution in [3.8, 4) is 0 Å². The molecule has 0 unspecified atom stereocenters. The van der Waals surface area contributed by atoms with Crippen LogP contribution < -0.4 is 4.90 Å². The highest BCUT2D eigenvalue weighted by Gasteiger charge is 2.24. The number of carbonyl (C=O) groups is 1. The molecule has 0 saturated carbocycles. The minimum Gasteiger partial charge on any atom is -0.274 e. The first-order valence-electron chi connectivity index (χ1n) is 7.58. The molecule has 1 amide bonds. The third-order valence-electron chi connectivity index (χ3n) is 3.59. The van der Waals surface area contributed by atoms with Crippen molar-refractivity contribution in [1.29, 1.82) is 0 Å². The van der Waals surface area contributed by atoms with E-state index in [1.807, 2.05) is 42.6 Å². The number of aryl methyl sites for hydroxylation is 1. The fraction of sp³-hybridized carbons (Fsp3) is 0.111. The van der Waals surface area contributed by atoms with E-state index in [2.05, 4.69) is 4.98 Å². The highest BCUT2D eigenvalue weighted by Crippen LogP contribution is 2.30. The van der Waals surface area contributed by atoms with Gasteiger partial charge in [0, 0.05) is 17.0 Å². The second-order valence-electron chi connectivity index (χ2n) is 5.40. The van der Waals surface area contributed by atoms with E-state index < -0.39 is 4.92 Å². The van der Waals surface area contributed by atoms with Crippen LogP contribution in [0.15, 0.2) is 60.0 Å². The quantitative estimate of drug-likeness (QED) is 0.507. The lowest BCUT2D eigenvalue weighted by Gasteiger charge is -2.20. The van der Waals surface area contributed by atoms with E-state index >= 15 is 0 Å². The van der Waals surface area contributed by atoms with Crippen LogP contribution in [-0.2, 0) is 11.2 Å². The molecule has 6 nitrogen and oxygen atoms in total. The van der Waals surface area contributed by atoms with E-state index in [1.165, 1.54) is 22.3 Å². The summed E-state index contributed by atoms with van der Waals surface area (Å²) in [5.41, 5.74) is 1.82. The number of amides is 1. The zero-order chi connectivity index (χ0) is 17.8. The number of benzene rings is 2. The fourth-order valence-corrected chi connectivity index (χ4v) is 3.30. The molecule has 0 aliphatic heterocycles. The summed E-state index contributed by atoms with van der Waals surface area (Å²) in [4.78, 5) is 29.6. The van der Waals surface area contributed by atoms with Gasteiger partial charge in [0.2, 0.25) is 5.91 Å². The number of carbonyl (C=O) groups excluding carboxylic acids is 1. The normalized spacial score (nSPS) is 10.4. The lowest BCUT2D eigenvalue weighted by Crippen LogP contribution is -2.27. The van der Waals surface area contributed by atoms with Gasteiger partial charge in [-0.1, -0.05) is 36.4 Å². The van der Waals surface area contributed by atoms with Crippen LogP contribution >= 0.6 is 11.3 Å². The molecule has 1 heterocycles. The van der Waals surface area contributed by atoms with Gasteiger partial charge >= 0.3 is 0 Å². The molecule has 0 fully saturated rings. The van der Waals surface area contributed by atoms with Crippen molar-refractivity contribution in [2.75, 3.05) is 4.90 Å². The van der Waals surface area contributed by atoms with Gasteiger partial charge < -0.3 is 0 Å². The summed E-state index contributed by atoms with van der Waals surface area (Å²) in [6.45, 7) is 1.86. The Morgan fingerprint density at radius 3 is 2.48 bits per heavy atom. The number of thiazole rings is 1. The molecule has 2 aromatic carbocycles. The summed E-state index contributed by atoms with van der Waals surface area (Å²) in [6, 6.07) is 15.4. The number of aromatic nitrogens is 1. The Bertz CT molecular complexity index is 909. The Labute approximate surface area is 148 Å². The van der Waals surface area contributed by atoms with Gasteiger partial charge in [0.05, 0.1) is 22.7 Å². The molecule has 0 spiro atoms. The molecule has 3 rings (SSSR count). The van der Waals surface area contributed by atoms with Crippen LogP contribution in [-0.4, -0.2) is 15.8 Å². The monoisotopic (exact) mass is 353 g/mol. The Kier molecular flexibility index (Phi) is 4.85. The van der Waals surface area contributed by atoms with Gasteiger partial charge in [-0.3, -0.25) is 19.8 Å². The van der Waals surface area contributed by atoms with Crippen LogP contribution in [0.3, 0.4) is 0 Å². The first-order chi connectivity index (χ1) is 12.1. The summed E-state index contributed by atoms with van der Waals surface area (Å²) < 4.78 is 0. The van der Waals surface area contributed by atoms with Gasteiger partial charge in [-0.2, -0.15) is 0 Å². The van der Waals surface area contributed by atoms with Gasteiger partial charge in [-0.15, -0.1) is 11.3 Å². The number of nitrogens with zero attached hydrogens (tertiary/aromatic N) is 3. The summed E-state index contributed by atoms with van der Waals surface area (Å²) in [7, 11) is 0. The van der Waals surface area contributed by atoms with Crippen LogP contribution in [0, 0.1) is 17.0 Å². The van der Waals surface area contributed by atoms with E-state index in [0.29, 0.717) is 16.4 Å². The second-order valence-corrected chi connectivity index (χ2v) is 6.24. The van der Waals surface area contributed by atoms with Gasteiger partial charge in [0.1, 0.15) is 0 Å². The van der Waals surface area contributed by atoms with Crippen molar-refractivity contribution >= 4 is 33.8 Å². The third kappa shape index (κ3) is 3.72. The molecule has 1 aromatic heterocycles. The van der Waals surface area contributed by atoms with Crippen molar-refractivity contribution in [2.45, 2.75) is 13.3 Å². The lowest BCUT2D eigenvalue weighted by atomic mass is 10.1. The number of anilines is 2. The topological polar surface area (TPSA) is 76.3 Å². The van der Waals surface area contributed by atoms with E-state index in [4.69, 9.17) is 0 Å². The SMILES string of the molecule is Cc1csc(N(C(=O)Cc2ccccc2[N+](=O)[O-])c2ccccc2)n1. The standard InChI is InChI=1S/C18H15N3O3S/c1-13-12-25-18(19-13)20(15-8-3-2-4-9-15)17(22)11-14-7-5-6-10-16(14)21(23)24/h2-10,12H,11H2,1H3. The predicted octanol–water partition coefficient (Wildman–Crippen LogP) is 4.27. The van der Waals surface area contributed by atoms with Gasteiger partial charge in [-0.25, -0.2) is 4.98 Å². The lowest BCUT2D eigenvalue weighted by molar-refractivity contribution is -0.385. The van der Waals surface area contributed by atoms with Gasteiger partial charge in [0.15, 0.2) is 5.13 Å². The van der Waals surface area contributed by atoms with Crippen LogP contribution in [0.2, 0.25) is 0 Å². The van der Waals surface area contributed by atoms with Crippen molar-refractivity contribution in [2.24, 2.45) is 0 Å². The van der Waals surface area contributed by atoms with Crippen LogP contribution in [0.25, 0.3) is 0 Å². The number of hydrogen-bond donors (Lipinski definition) is 0.